The third kappa shape index (κ3) is 4.67. The van der Waals surface area contributed by atoms with Crippen molar-refractivity contribution in [3.8, 4) is 0 Å². The lowest BCUT2D eigenvalue weighted by Crippen LogP contribution is -2.46. The molecule has 2 aromatic rings. The summed E-state index contributed by atoms with van der Waals surface area (Å²) < 4.78 is 0. The fourth-order valence-corrected chi connectivity index (χ4v) is 2.29. The number of anilines is 1. The van der Waals surface area contributed by atoms with E-state index in [0.717, 1.165) is 5.56 Å². The second kappa shape index (κ2) is 7.92. The molecule has 1 atom stereocenters. The molecule has 0 saturated carbocycles. The van der Waals surface area contributed by atoms with Crippen molar-refractivity contribution in [2.24, 2.45) is 5.73 Å². The predicted molar refractivity (Wildman–Crippen MR) is 91.3 cm³/mol. The lowest BCUT2D eigenvalue weighted by molar-refractivity contribution is -0.119. The van der Waals surface area contributed by atoms with E-state index >= 15 is 0 Å². The first-order chi connectivity index (χ1) is 11.5. The molecule has 0 bridgehead atoms. The maximum Gasteiger partial charge on any atom is 0.254 e. The quantitative estimate of drug-likeness (QED) is 0.749. The highest BCUT2D eigenvalue weighted by Crippen LogP contribution is 2.15. The van der Waals surface area contributed by atoms with E-state index in [4.69, 9.17) is 5.73 Å². The number of hydrogen-bond acceptors (Lipinski definition) is 3. The summed E-state index contributed by atoms with van der Waals surface area (Å²) in [5.41, 5.74) is 6.94. The summed E-state index contributed by atoms with van der Waals surface area (Å²) in [4.78, 5) is 35.4. The number of para-hydroxylation sites is 1. The fourth-order valence-electron chi connectivity index (χ4n) is 2.29. The van der Waals surface area contributed by atoms with Gasteiger partial charge in [-0.1, -0.05) is 42.5 Å². The molecule has 0 radical (unpaired) electrons. The van der Waals surface area contributed by atoms with Crippen LogP contribution in [0.1, 0.15) is 22.8 Å². The Morgan fingerprint density at radius 3 is 2.25 bits per heavy atom. The molecule has 124 valence electrons. The lowest BCUT2D eigenvalue weighted by Gasteiger charge is -2.17. The first kappa shape index (κ1) is 17.2. The summed E-state index contributed by atoms with van der Waals surface area (Å²) in [5.74, 6) is -1.38. The minimum absolute atomic E-state index is 0.270. The van der Waals surface area contributed by atoms with Crippen LogP contribution in [0.3, 0.4) is 0 Å². The average molecular weight is 325 g/mol. The summed E-state index contributed by atoms with van der Waals surface area (Å²) in [7, 11) is 0. The largest absolute Gasteiger partial charge is 0.368 e. The van der Waals surface area contributed by atoms with E-state index < -0.39 is 17.9 Å². The maximum absolute atomic E-state index is 12.5. The van der Waals surface area contributed by atoms with E-state index in [9.17, 15) is 14.4 Å². The van der Waals surface area contributed by atoms with E-state index in [-0.39, 0.29) is 11.5 Å². The van der Waals surface area contributed by atoms with Gasteiger partial charge in [-0.3, -0.25) is 14.4 Å². The van der Waals surface area contributed by atoms with E-state index in [2.05, 4.69) is 10.6 Å². The number of rotatable bonds is 6. The number of primary amides is 1. The monoisotopic (exact) mass is 325 g/mol. The van der Waals surface area contributed by atoms with Crippen LogP contribution in [0.25, 0.3) is 0 Å². The van der Waals surface area contributed by atoms with Gasteiger partial charge in [0.15, 0.2) is 0 Å². The highest BCUT2D eigenvalue weighted by atomic mass is 16.2. The van der Waals surface area contributed by atoms with Gasteiger partial charge in [0.05, 0.1) is 11.3 Å². The molecular weight excluding hydrogens is 306 g/mol. The number of amides is 3. The average Bonchev–Trinajstić information content (AvgIpc) is 2.55. The van der Waals surface area contributed by atoms with Crippen LogP contribution in [0, 0.1) is 0 Å². The van der Waals surface area contributed by atoms with Gasteiger partial charge >= 0.3 is 0 Å². The predicted octanol–water partition coefficient (Wildman–Crippen LogP) is 1.47. The topological polar surface area (TPSA) is 101 Å². The lowest BCUT2D eigenvalue weighted by atomic mass is 10.0. The van der Waals surface area contributed by atoms with Crippen molar-refractivity contribution < 1.29 is 14.4 Å². The molecule has 3 amide bonds. The molecule has 0 spiro atoms. The minimum atomic E-state index is -0.842. The Balaban J connectivity index is 2.17. The number of carbonyl (C=O) groups excluding carboxylic acids is 3. The molecule has 0 aliphatic heterocycles. The Kier molecular flexibility index (Phi) is 5.68. The zero-order valence-corrected chi connectivity index (χ0v) is 13.3. The van der Waals surface area contributed by atoms with Crippen molar-refractivity contribution in [1.29, 1.82) is 0 Å². The Morgan fingerprint density at radius 1 is 1.00 bits per heavy atom. The van der Waals surface area contributed by atoms with Gasteiger partial charge in [0, 0.05) is 13.3 Å². The van der Waals surface area contributed by atoms with Crippen molar-refractivity contribution in [2.75, 3.05) is 5.32 Å². The van der Waals surface area contributed by atoms with Crippen molar-refractivity contribution in [1.82, 2.24) is 5.32 Å². The molecule has 0 aliphatic carbocycles. The highest BCUT2D eigenvalue weighted by Gasteiger charge is 2.21. The molecule has 0 aromatic heterocycles. The van der Waals surface area contributed by atoms with E-state index in [1.54, 1.807) is 24.3 Å². The molecule has 6 heteroatoms. The molecule has 2 aromatic carbocycles. The van der Waals surface area contributed by atoms with Gasteiger partial charge in [0.1, 0.15) is 6.04 Å². The molecule has 24 heavy (non-hydrogen) atoms. The number of nitrogens with one attached hydrogen (secondary N) is 2. The summed E-state index contributed by atoms with van der Waals surface area (Å²) in [5, 5.41) is 5.22. The van der Waals surface area contributed by atoms with Gasteiger partial charge < -0.3 is 16.4 Å². The zero-order chi connectivity index (χ0) is 17.5. The minimum Gasteiger partial charge on any atom is -0.368 e. The van der Waals surface area contributed by atoms with E-state index in [1.807, 2.05) is 30.3 Å². The smallest absolute Gasteiger partial charge is 0.254 e. The molecule has 0 unspecified atom stereocenters. The van der Waals surface area contributed by atoms with Crippen LogP contribution in [0.15, 0.2) is 54.6 Å². The standard InChI is InChI=1S/C18H19N3O3/c1-12(22)20-15-10-6-5-9-14(15)18(24)21-16(17(19)23)11-13-7-3-2-4-8-13/h2-10,16H,11H2,1H3,(H2,19,23)(H,20,22)(H,21,24)/t16-/m0/s1. The van der Waals surface area contributed by atoms with Gasteiger partial charge in [-0.15, -0.1) is 0 Å². The number of benzene rings is 2. The van der Waals surface area contributed by atoms with Crippen LogP contribution in [-0.2, 0) is 16.0 Å². The van der Waals surface area contributed by atoms with Crippen molar-refractivity contribution >= 4 is 23.4 Å². The Bertz CT molecular complexity index is 744. The normalized spacial score (nSPS) is 11.4. The van der Waals surface area contributed by atoms with Crippen molar-refractivity contribution in [2.45, 2.75) is 19.4 Å². The molecule has 0 saturated heterocycles. The van der Waals surface area contributed by atoms with Crippen LogP contribution in [0.5, 0.6) is 0 Å². The van der Waals surface area contributed by atoms with Crippen LogP contribution >= 0.6 is 0 Å². The number of carbonyl (C=O) groups is 3. The van der Waals surface area contributed by atoms with Crippen LogP contribution in [-0.4, -0.2) is 23.8 Å². The van der Waals surface area contributed by atoms with Gasteiger partial charge in [-0.05, 0) is 17.7 Å². The van der Waals surface area contributed by atoms with Crippen LogP contribution < -0.4 is 16.4 Å². The Hall–Kier alpha value is -3.15. The molecule has 6 nitrogen and oxygen atoms in total. The fraction of sp³-hybridized carbons (Fsp3) is 0.167. The highest BCUT2D eigenvalue weighted by molar-refractivity contribution is 6.04. The van der Waals surface area contributed by atoms with Gasteiger partial charge in [-0.2, -0.15) is 0 Å². The molecule has 2 rings (SSSR count). The number of hydrogen-bond donors (Lipinski definition) is 3. The van der Waals surface area contributed by atoms with Crippen molar-refractivity contribution in [3.63, 3.8) is 0 Å². The van der Waals surface area contributed by atoms with Gasteiger partial charge in [0.25, 0.3) is 5.91 Å². The second-order valence-electron chi connectivity index (χ2n) is 5.34. The summed E-state index contributed by atoms with van der Waals surface area (Å²) in [6.07, 6.45) is 0.296. The first-order valence-corrected chi connectivity index (χ1v) is 7.48. The summed E-state index contributed by atoms with van der Waals surface area (Å²) in [6.45, 7) is 1.36. The summed E-state index contributed by atoms with van der Waals surface area (Å²) in [6, 6.07) is 15.0. The molecule has 0 aliphatic rings. The molecule has 0 heterocycles. The van der Waals surface area contributed by atoms with Gasteiger partial charge in [-0.25, -0.2) is 0 Å². The van der Waals surface area contributed by atoms with Crippen LogP contribution in [0.4, 0.5) is 5.69 Å². The maximum atomic E-state index is 12.5. The molecule has 0 fully saturated rings. The first-order valence-electron chi connectivity index (χ1n) is 7.48. The molecule has 4 N–H and O–H groups in total. The summed E-state index contributed by atoms with van der Waals surface area (Å²) >= 11 is 0. The van der Waals surface area contributed by atoms with E-state index in [1.165, 1.54) is 6.92 Å². The Labute approximate surface area is 140 Å². The third-order valence-electron chi connectivity index (χ3n) is 3.41. The Morgan fingerprint density at radius 2 is 1.62 bits per heavy atom. The SMILES string of the molecule is CC(=O)Nc1ccccc1C(=O)N[C@@H](Cc1ccccc1)C(N)=O. The van der Waals surface area contributed by atoms with Crippen molar-refractivity contribution in [3.05, 3.63) is 65.7 Å². The molecular formula is C18H19N3O3. The number of nitrogens with two attached hydrogens (primary N) is 1. The zero-order valence-electron chi connectivity index (χ0n) is 13.3. The van der Waals surface area contributed by atoms with Gasteiger partial charge in [0.2, 0.25) is 11.8 Å². The second-order valence-corrected chi connectivity index (χ2v) is 5.34. The van der Waals surface area contributed by atoms with E-state index in [0.29, 0.717) is 12.1 Å². The van der Waals surface area contributed by atoms with Crippen LogP contribution in [0.2, 0.25) is 0 Å². The third-order valence-corrected chi connectivity index (χ3v) is 3.41.